The third-order valence-corrected chi connectivity index (χ3v) is 12.8. The molecule has 0 unspecified atom stereocenters. The van der Waals surface area contributed by atoms with Crippen molar-refractivity contribution in [2.75, 3.05) is 68.8 Å². The van der Waals surface area contributed by atoms with E-state index in [4.69, 9.17) is 48.6 Å². The Bertz CT molecular complexity index is 2740. The first-order valence-corrected chi connectivity index (χ1v) is 26.7. The lowest BCUT2D eigenvalue weighted by atomic mass is 10.1. The van der Waals surface area contributed by atoms with Gasteiger partial charge in [-0.2, -0.15) is 0 Å². The molecule has 0 saturated heterocycles. The summed E-state index contributed by atoms with van der Waals surface area (Å²) in [5.74, 6) is -4.59. The minimum atomic E-state index is -1.16. The summed E-state index contributed by atoms with van der Waals surface area (Å²) in [5.41, 5.74) is 35.5. The number of carbonyl (C=O) groups excluding carboxylic acids is 8. The van der Waals surface area contributed by atoms with Crippen LogP contribution in [0.2, 0.25) is 0 Å². The molecule has 0 heterocycles. The molecule has 0 radical (unpaired) electrons. The number of methoxy groups -OCH3 is 3. The van der Waals surface area contributed by atoms with Crippen molar-refractivity contribution in [3.8, 4) is 17.2 Å². The van der Waals surface area contributed by atoms with Gasteiger partial charge < -0.3 is 85.8 Å². The Hall–Kier alpha value is -8.16. The summed E-state index contributed by atoms with van der Waals surface area (Å²) < 4.78 is 16.2. The molecule has 0 aliphatic carbocycles. The normalized spacial score (nSPS) is 12.3. The van der Waals surface area contributed by atoms with Gasteiger partial charge in [-0.05, 0) is 170 Å². The molecule has 4 aromatic rings. The fourth-order valence-electron chi connectivity index (χ4n) is 8.38. The maximum Gasteiger partial charge on any atom is 0.255 e. The highest BCUT2D eigenvalue weighted by molar-refractivity contribution is 6.07. The first kappa shape index (κ1) is 64.4. The fraction of sp³-hybridized carbons (Fsp3) is 0.429. The smallest absolute Gasteiger partial charge is 0.255 e. The molecule has 0 spiro atoms. The van der Waals surface area contributed by atoms with Crippen molar-refractivity contribution < 1.29 is 52.6 Å². The van der Waals surface area contributed by atoms with Crippen LogP contribution in [0.15, 0.2) is 78.9 Å². The molecule has 0 aliphatic rings. The lowest BCUT2D eigenvalue weighted by molar-refractivity contribution is -0.118. The van der Waals surface area contributed by atoms with Gasteiger partial charge >= 0.3 is 0 Å². The number of unbranched alkanes of at least 4 members (excludes halogenated alkanes) is 5. The lowest BCUT2D eigenvalue weighted by Gasteiger charge is -2.21. The van der Waals surface area contributed by atoms with Crippen LogP contribution >= 0.6 is 0 Å². The van der Waals surface area contributed by atoms with E-state index in [1.54, 1.807) is 18.2 Å². The van der Waals surface area contributed by atoms with E-state index >= 15 is 0 Å². The van der Waals surface area contributed by atoms with Crippen LogP contribution < -0.4 is 85.8 Å². The maximum absolute atomic E-state index is 14.2. The van der Waals surface area contributed by atoms with Gasteiger partial charge in [0.25, 0.3) is 23.6 Å². The topological polar surface area (TPSA) is 405 Å². The number of anilines is 4. The molecular weight excluding hydrogens is 1030 g/mol. The maximum atomic E-state index is 14.2. The van der Waals surface area contributed by atoms with Crippen molar-refractivity contribution >= 4 is 70.0 Å². The number of amides is 8. The van der Waals surface area contributed by atoms with Gasteiger partial charge in [-0.1, -0.05) is 18.9 Å². The lowest BCUT2D eigenvalue weighted by Crippen LogP contribution is -2.44. The van der Waals surface area contributed by atoms with Crippen molar-refractivity contribution in [1.29, 1.82) is 0 Å². The number of benzene rings is 4. The Kier molecular flexibility index (Phi) is 27.3. The van der Waals surface area contributed by atoms with Crippen LogP contribution in [0.3, 0.4) is 0 Å². The van der Waals surface area contributed by atoms with Crippen LogP contribution in [-0.2, 0) is 19.2 Å². The Morgan fingerprint density at radius 2 is 0.762 bits per heavy atom. The molecule has 434 valence electrons. The van der Waals surface area contributed by atoms with E-state index in [1.807, 2.05) is 0 Å². The van der Waals surface area contributed by atoms with Gasteiger partial charge in [-0.15, -0.1) is 0 Å². The predicted molar refractivity (Wildman–Crippen MR) is 306 cm³/mol. The first-order valence-electron chi connectivity index (χ1n) is 26.7. The minimum absolute atomic E-state index is 0.0305. The average Bonchev–Trinajstić information content (AvgIpc) is 3.48. The van der Waals surface area contributed by atoms with Crippen LogP contribution in [0.4, 0.5) is 22.7 Å². The van der Waals surface area contributed by atoms with Crippen molar-refractivity contribution in [2.24, 2.45) is 34.4 Å². The van der Waals surface area contributed by atoms with Gasteiger partial charge in [0.1, 0.15) is 35.4 Å². The summed E-state index contributed by atoms with van der Waals surface area (Å²) in [6.07, 6.45) is 6.52. The van der Waals surface area contributed by atoms with Crippen molar-refractivity contribution in [2.45, 2.75) is 108 Å². The Labute approximate surface area is 466 Å². The SMILES string of the molecule is COc1ccc(NC(=O)[C@H](CCCCN)NC(=O)c2cc(NC(=O)[C@H](CCCCN)NC(=O)c3cc(NC(=O)[C@H](CCCCN)NC(=O)c4cccc(NC(=O)[C@@H](N)CCCCCN)c4)ccc3OC)ccc2OC)cc1C(N)=O. The van der Waals surface area contributed by atoms with Crippen molar-refractivity contribution in [3.63, 3.8) is 0 Å². The molecule has 4 aromatic carbocycles. The van der Waals surface area contributed by atoms with E-state index in [0.717, 1.165) is 19.3 Å². The summed E-state index contributed by atoms with van der Waals surface area (Å²) in [6.45, 7) is 1.58. The largest absolute Gasteiger partial charge is 0.496 e. The fourth-order valence-corrected chi connectivity index (χ4v) is 8.38. The summed E-state index contributed by atoms with van der Waals surface area (Å²) >= 11 is 0. The molecule has 8 amide bonds. The first-order chi connectivity index (χ1) is 38.5. The zero-order valence-electron chi connectivity index (χ0n) is 45.8. The van der Waals surface area contributed by atoms with Crippen molar-refractivity contribution in [1.82, 2.24) is 16.0 Å². The summed E-state index contributed by atoms with van der Waals surface area (Å²) in [5, 5.41) is 19.4. The molecule has 0 bridgehead atoms. The minimum Gasteiger partial charge on any atom is -0.496 e. The number of carbonyl (C=O) groups is 8. The molecule has 80 heavy (non-hydrogen) atoms. The number of nitrogens with one attached hydrogen (secondary N) is 7. The third-order valence-electron chi connectivity index (χ3n) is 12.8. The molecule has 0 saturated carbocycles. The average molecular weight is 1110 g/mol. The second kappa shape index (κ2) is 34.0. The molecule has 19 N–H and O–H groups in total. The third kappa shape index (κ3) is 20.3. The van der Waals surface area contributed by atoms with Gasteiger partial charge in [-0.3, -0.25) is 38.4 Å². The Balaban J connectivity index is 1.52. The van der Waals surface area contributed by atoms with E-state index in [-0.39, 0.29) is 75.8 Å². The van der Waals surface area contributed by atoms with E-state index < -0.39 is 71.4 Å². The van der Waals surface area contributed by atoms with Gasteiger partial charge in [0.05, 0.1) is 44.1 Å². The van der Waals surface area contributed by atoms with E-state index in [0.29, 0.717) is 76.8 Å². The predicted octanol–water partition coefficient (Wildman–Crippen LogP) is 3.19. The summed E-state index contributed by atoms with van der Waals surface area (Å²) in [4.78, 5) is 109. The van der Waals surface area contributed by atoms with E-state index in [2.05, 4.69) is 37.2 Å². The molecular formula is C56H79N13O11. The molecule has 0 fully saturated rings. The number of primary amides is 1. The molecule has 4 rings (SSSR count). The molecule has 24 heteroatoms. The standard InChI is InChI=1S/C56H79N13O11/c1-78-46-23-20-36(31-39(46)49(62)70)64-55(76)44(18-7-11-28-59)68-51(72)41-33-38(22-25-48(41)80-3)66-56(77)45(19-8-12-29-60)69-52(73)40-32-37(21-24-47(40)79-2)65-54(75)43(17-6-10-27-58)67-50(71)34-14-13-15-35(30-34)63-53(74)42(61)16-5-4-9-26-57/h13-15,20-25,30-33,42-45H,4-12,16-19,26-29,57-61H2,1-3H3,(H2,62,70)(H,63,74)(H,64,76)(H,65,75)(H,66,77)(H,67,71)(H,68,72)(H,69,73)/t42-,43-,44-,45-/m0/s1. The summed E-state index contributed by atoms with van der Waals surface area (Å²) in [7, 11) is 4.08. The number of nitrogens with two attached hydrogens (primary N) is 6. The Morgan fingerprint density at radius 1 is 0.412 bits per heavy atom. The molecule has 4 atom stereocenters. The van der Waals surface area contributed by atoms with Crippen molar-refractivity contribution in [3.05, 3.63) is 101 Å². The number of hydrogen-bond acceptors (Lipinski definition) is 16. The van der Waals surface area contributed by atoms with Crippen LogP contribution in [0.25, 0.3) is 0 Å². The van der Waals surface area contributed by atoms with Gasteiger partial charge in [0, 0.05) is 28.3 Å². The van der Waals surface area contributed by atoms with E-state index in [1.165, 1.54) is 82.0 Å². The molecule has 0 aromatic heterocycles. The van der Waals surface area contributed by atoms with Gasteiger partial charge in [0.2, 0.25) is 23.6 Å². The quantitative estimate of drug-likeness (QED) is 0.0294. The summed E-state index contributed by atoms with van der Waals surface area (Å²) in [6, 6.07) is 15.2. The molecule has 24 nitrogen and oxygen atoms in total. The highest BCUT2D eigenvalue weighted by atomic mass is 16.5. The van der Waals surface area contributed by atoms with Crippen LogP contribution in [-0.4, -0.2) is 119 Å². The number of ether oxygens (including phenoxy) is 3. The Morgan fingerprint density at radius 3 is 1.16 bits per heavy atom. The number of hydrogen-bond donors (Lipinski definition) is 13. The number of rotatable bonds is 35. The second-order valence-electron chi connectivity index (χ2n) is 18.8. The second-order valence-corrected chi connectivity index (χ2v) is 18.8. The highest BCUT2D eigenvalue weighted by Gasteiger charge is 2.28. The van der Waals surface area contributed by atoms with Gasteiger partial charge in [0.15, 0.2) is 0 Å². The van der Waals surface area contributed by atoms with Crippen LogP contribution in [0.5, 0.6) is 17.2 Å². The van der Waals surface area contributed by atoms with Crippen LogP contribution in [0, 0.1) is 0 Å². The highest BCUT2D eigenvalue weighted by Crippen LogP contribution is 2.27. The monoisotopic (exact) mass is 1110 g/mol. The zero-order valence-corrected chi connectivity index (χ0v) is 45.8. The van der Waals surface area contributed by atoms with Gasteiger partial charge in [-0.25, -0.2) is 0 Å². The molecule has 0 aliphatic heterocycles. The van der Waals surface area contributed by atoms with Crippen LogP contribution in [0.1, 0.15) is 125 Å². The van der Waals surface area contributed by atoms with E-state index in [9.17, 15) is 38.4 Å². The zero-order chi connectivity index (χ0) is 58.6.